The minimum Gasteiger partial charge on any atom is -0.481 e. The molecule has 3 N–H and O–H groups in total. The molecule has 0 aliphatic heterocycles. The van der Waals surface area contributed by atoms with E-state index in [-0.39, 0.29) is 6.42 Å². The van der Waals surface area contributed by atoms with Gasteiger partial charge in [-0.3, -0.25) is 9.59 Å². The highest BCUT2D eigenvalue weighted by Gasteiger charge is 2.16. The second-order valence-electron chi connectivity index (χ2n) is 5.89. The Bertz CT molecular complexity index is 861. The van der Waals surface area contributed by atoms with E-state index in [1.807, 2.05) is 42.5 Å². The summed E-state index contributed by atoms with van der Waals surface area (Å²) >= 11 is 6.00. The fourth-order valence-electron chi connectivity index (χ4n) is 2.57. The number of hydrogen-bond donors (Lipinski definition) is 3. The second kappa shape index (κ2) is 9.54. The average molecular weight is 388 g/mol. The van der Waals surface area contributed by atoms with Gasteiger partial charge in [0.05, 0.1) is 6.42 Å². The van der Waals surface area contributed by atoms with E-state index in [4.69, 9.17) is 21.8 Å². The van der Waals surface area contributed by atoms with Crippen LogP contribution in [0.15, 0.2) is 60.7 Å². The summed E-state index contributed by atoms with van der Waals surface area (Å²) < 4.78 is 0. The third kappa shape index (κ3) is 6.95. The summed E-state index contributed by atoms with van der Waals surface area (Å²) in [6.45, 7) is 0. The predicted octanol–water partition coefficient (Wildman–Crippen LogP) is 3.15. The number of benzene rings is 2. The van der Waals surface area contributed by atoms with E-state index in [0.29, 0.717) is 17.5 Å². The smallest absolute Gasteiger partial charge is 0.328 e. The summed E-state index contributed by atoms with van der Waals surface area (Å²) in [6.07, 6.45) is 1.59. The molecule has 2 aromatic rings. The van der Waals surface area contributed by atoms with E-state index >= 15 is 0 Å². The molecule has 0 aromatic heterocycles. The number of nitrogens with one attached hydrogen (secondary N) is 1. The fourth-order valence-corrected chi connectivity index (χ4v) is 2.76. The SMILES string of the molecule is O=C(O)C=CC(=O)N[C@@H](CC(=O)O)Cc1ccc(-c2cccc(Cl)c2)cc1. The molecule has 0 aliphatic rings. The highest BCUT2D eigenvalue weighted by Crippen LogP contribution is 2.23. The van der Waals surface area contributed by atoms with E-state index in [1.54, 1.807) is 6.07 Å². The van der Waals surface area contributed by atoms with Gasteiger partial charge < -0.3 is 15.5 Å². The van der Waals surface area contributed by atoms with Gasteiger partial charge in [0.25, 0.3) is 0 Å². The van der Waals surface area contributed by atoms with Gasteiger partial charge in [-0.05, 0) is 35.2 Å². The van der Waals surface area contributed by atoms with E-state index in [1.165, 1.54) is 0 Å². The lowest BCUT2D eigenvalue weighted by molar-refractivity contribution is -0.137. The summed E-state index contributed by atoms with van der Waals surface area (Å²) in [5.41, 5.74) is 2.77. The minimum atomic E-state index is -1.25. The number of rotatable bonds is 8. The zero-order valence-corrected chi connectivity index (χ0v) is 15.0. The first-order valence-corrected chi connectivity index (χ1v) is 8.49. The lowest BCUT2D eigenvalue weighted by Crippen LogP contribution is -2.37. The van der Waals surface area contributed by atoms with Crippen LogP contribution in [0.4, 0.5) is 0 Å². The first-order chi connectivity index (χ1) is 12.8. The molecule has 140 valence electrons. The number of hydrogen-bond acceptors (Lipinski definition) is 3. The molecule has 6 nitrogen and oxygen atoms in total. The van der Waals surface area contributed by atoms with Crippen LogP contribution in [0.1, 0.15) is 12.0 Å². The molecule has 0 bridgehead atoms. The number of carbonyl (C=O) groups excluding carboxylic acids is 1. The third-order valence-corrected chi connectivity index (χ3v) is 3.97. The van der Waals surface area contributed by atoms with Crippen LogP contribution in [-0.4, -0.2) is 34.1 Å². The van der Waals surface area contributed by atoms with E-state index in [0.717, 1.165) is 22.8 Å². The first-order valence-electron chi connectivity index (χ1n) is 8.11. The van der Waals surface area contributed by atoms with Crippen molar-refractivity contribution in [2.24, 2.45) is 0 Å². The van der Waals surface area contributed by atoms with Gasteiger partial charge in [0.2, 0.25) is 5.91 Å². The Labute approximate surface area is 161 Å². The molecule has 0 saturated carbocycles. The predicted molar refractivity (Wildman–Crippen MR) is 102 cm³/mol. The Kier molecular flexibility index (Phi) is 7.14. The summed E-state index contributed by atoms with van der Waals surface area (Å²) in [4.78, 5) is 33.2. The van der Waals surface area contributed by atoms with E-state index in [2.05, 4.69) is 5.32 Å². The third-order valence-electron chi connectivity index (χ3n) is 3.74. The van der Waals surface area contributed by atoms with Crippen LogP contribution in [0.3, 0.4) is 0 Å². The van der Waals surface area contributed by atoms with E-state index in [9.17, 15) is 14.4 Å². The van der Waals surface area contributed by atoms with Crippen LogP contribution in [-0.2, 0) is 20.8 Å². The first kappa shape index (κ1) is 20.2. The van der Waals surface area contributed by atoms with Gasteiger partial charge in [0, 0.05) is 23.2 Å². The van der Waals surface area contributed by atoms with Crippen molar-refractivity contribution in [3.05, 3.63) is 71.3 Å². The Balaban J connectivity index is 2.09. The molecule has 0 spiro atoms. The van der Waals surface area contributed by atoms with Gasteiger partial charge in [-0.2, -0.15) is 0 Å². The van der Waals surface area contributed by atoms with Crippen molar-refractivity contribution in [2.45, 2.75) is 18.9 Å². The molecular weight excluding hydrogens is 370 g/mol. The second-order valence-corrected chi connectivity index (χ2v) is 6.32. The summed E-state index contributed by atoms with van der Waals surface area (Å²) in [5.74, 6) is -2.96. The lowest BCUT2D eigenvalue weighted by Gasteiger charge is -2.16. The maximum absolute atomic E-state index is 11.7. The molecule has 1 atom stereocenters. The molecule has 0 aliphatic carbocycles. The zero-order valence-electron chi connectivity index (χ0n) is 14.3. The monoisotopic (exact) mass is 387 g/mol. The van der Waals surface area contributed by atoms with E-state index < -0.39 is 23.9 Å². The van der Waals surface area contributed by atoms with Crippen molar-refractivity contribution < 1.29 is 24.6 Å². The maximum atomic E-state index is 11.7. The van der Waals surface area contributed by atoms with Gasteiger partial charge in [-0.15, -0.1) is 0 Å². The minimum absolute atomic E-state index is 0.275. The van der Waals surface area contributed by atoms with Crippen molar-refractivity contribution >= 4 is 29.4 Å². The van der Waals surface area contributed by atoms with Crippen LogP contribution in [0, 0.1) is 0 Å². The Hall–Kier alpha value is -3.12. The quantitative estimate of drug-likeness (QED) is 0.603. The van der Waals surface area contributed by atoms with Gasteiger partial charge in [-0.25, -0.2) is 4.79 Å². The number of amides is 1. The number of carbonyl (C=O) groups is 3. The molecule has 1 amide bonds. The van der Waals surface area contributed by atoms with Crippen molar-refractivity contribution in [2.75, 3.05) is 0 Å². The Morgan fingerprint density at radius 1 is 1.00 bits per heavy atom. The van der Waals surface area contributed by atoms with Crippen molar-refractivity contribution in [3.8, 4) is 11.1 Å². The van der Waals surface area contributed by atoms with Crippen LogP contribution in [0.2, 0.25) is 5.02 Å². The summed E-state index contributed by atoms with van der Waals surface area (Å²) in [5, 5.41) is 20.7. The van der Waals surface area contributed by atoms with Gasteiger partial charge in [0.1, 0.15) is 0 Å². The molecule has 0 fully saturated rings. The van der Waals surface area contributed by atoms with Crippen LogP contribution in [0.5, 0.6) is 0 Å². The largest absolute Gasteiger partial charge is 0.481 e. The van der Waals surface area contributed by atoms with Crippen LogP contribution in [0.25, 0.3) is 11.1 Å². The normalized spacial score (nSPS) is 11.9. The van der Waals surface area contributed by atoms with Crippen LogP contribution < -0.4 is 5.32 Å². The number of carboxylic acid groups (broad SMARTS) is 2. The topological polar surface area (TPSA) is 104 Å². The van der Waals surface area contributed by atoms with Gasteiger partial charge in [-0.1, -0.05) is 48.0 Å². The molecule has 2 rings (SSSR count). The zero-order chi connectivity index (χ0) is 19.8. The standard InChI is InChI=1S/C20H18ClNO5/c21-16-3-1-2-15(11-16)14-6-4-13(5-7-14)10-17(12-20(26)27)22-18(23)8-9-19(24)25/h1-9,11,17H,10,12H2,(H,22,23)(H,24,25)(H,26,27)/t17-/m1/s1. The molecule has 0 saturated heterocycles. The summed E-state index contributed by atoms with van der Waals surface area (Å²) in [7, 11) is 0. The van der Waals surface area contributed by atoms with Crippen LogP contribution >= 0.6 is 11.6 Å². The number of aliphatic carboxylic acids is 2. The highest BCUT2D eigenvalue weighted by atomic mass is 35.5. The van der Waals surface area contributed by atoms with Crippen molar-refractivity contribution in [1.82, 2.24) is 5.32 Å². The average Bonchev–Trinajstić information content (AvgIpc) is 2.60. The lowest BCUT2D eigenvalue weighted by atomic mass is 9.99. The molecular formula is C20H18ClNO5. The molecule has 2 aromatic carbocycles. The molecule has 0 unspecified atom stereocenters. The van der Waals surface area contributed by atoms with Gasteiger partial charge in [0.15, 0.2) is 0 Å². The number of carboxylic acids is 2. The molecule has 0 radical (unpaired) electrons. The fraction of sp³-hybridized carbons (Fsp3) is 0.150. The Morgan fingerprint density at radius 2 is 1.70 bits per heavy atom. The highest BCUT2D eigenvalue weighted by molar-refractivity contribution is 6.30. The van der Waals surface area contributed by atoms with Crippen molar-refractivity contribution in [3.63, 3.8) is 0 Å². The number of halogens is 1. The molecule has 0 heterocycles. The van der Waals surface area contributed by atoms with Gasteiger partial charge >= 0.3 is 11.9 Å². The summed E-state index contributed by atoms with van der Waals surface area (Å²) in [6, 6.07) is 14.3. The molecule has 7 heteroatoms. The Morgan fingerprint density at radius 3 is 2.30 bits per heavy atom. The van der Waals surface area contributed by atoms with Crippen molar-refractivity contribution in [1.29, 1.82) is 0 Å². The maximum Gasteiger partial charge on any atom is 0.328 e. The molecule has 27 heavy (non-hydrogen) atoms.